The average Bonchev–Trinajstić information content (AvgIpc) is 3.61. The Morgan fingerprint density at radius 2 is 0.769 bits per heavy atom. The molecule has 0 saturated heterocycles. The monoisotopic (exact) mass is 679 g/mol. The second-order valence-electron chi connectivity index (χ2n) is 13.3. The fourth-order valence-corrected chi connectivity index (χ4v) is 9.08. The Kier molecular flexibility index (Phi) is 7.41. The number of nitrogens with zero attached hydrogens (tertiary/aromatic N) is 1. The molecule has 0 amide bonds. The topological polar surface area (TPSA) is 3.24 Å². The van der Waals surface area contributed by atoms with Crippen molar-refractivity contribution in [2.75, 3.05) is 4.90 Å². The van der Waals surface area contributed by atoms with Crippen molar-refractivity contribution in [1.82, 2.24) is 0 Å². The Bertz CT molecular complexity index is 2850. The third-order valence-corrected chi connectivity index (χ3v) is 11.5. The molecule has 1 heterocycles. The molecule has 2 heteroatoms. The molecular weight excluding hydrogens is 647 g/mol. The number of fused-ring (bicyclic) bond motifs is 7. The fourth-order valence-electron chi connectivity index (χ4n) is 7.67. The van der Waals surface area contributed by atoms with Gasteiger partial charge in [-0.05, 0) is 85.9 Å². The van der Waals surface area contributed by atoms with E-state index in [1.54, 1.807) is 0 Å². The Morgan fingerprint density at radius 3 is 1.46 bits per heavy atom. The highest BCUT2D eigenvalue weighted by Gasteiger charge is 2.16. The molecule has 0 aliphatic heterocycles. The summed E-state index contributed by atoms with van der Waals surface area (Å²) in [5.41, 5.74) is 10.7. The summed E-state index contributed by atoms with van der Waals surface area (Å²) in [7, 11) is 0. The standard InChI is InChI=1S/C50H33NS/c1-3-10-34(11-4-1)35-18-20-36(21-19-35)37-24-29-42(30-25-37)51(41-13-5-2-6-14-41)43-31-26-39(27-32-43)45-16-9-17-46-47-33-28-40-23-22-38-12-7-8-15-44(38)48(40)50(47)52-49(45)46/h1-33H. The lowest BCUT2D eigenvalue weighted by atomic mass is 9.98. The average molecular weight is 680 g/mol. The number of para-hydroxylation sites is 1. The van der Waals surface area contributed by atoms with E-state index in [2.05, 4.69) is 205 Å². The van der Waals surface area contributed by atoms with Crippen molar-refractivity contribution in [2.24, 2.45) is 0 Å². The molecule has 0 saturated carbocycles. The van der Waals surface area contributed by atoms with Gasteiger partial charge in [-0.2, -0.15) is 0 Å². The molecule has 10 rings (SSSR count). The van der Waals surface area contributed by atoms with E-state index in [9.17, 15) is 0 Å². The van der Waals surface area contributed by atoms with Crippen LogP contribution < -0.4 is 4.90 Å². The lowest BCUT2D eigenvalue weighted by Gasteiger charge is -2.26. The number of rotatable bonds is 6. The summed E-state index contributed by atoms with van der Waals surface area (Å²) < 4.78 is 2.69. The zero-order valence-electron chi connectivity index (χ0n) is 28.4. The zero-order chi connectivity index (χ0) is 34.4. The van der Waals surface area contributed by atoms with Crippen LogP contribution in [0, 0.1) is 0 Å². The van der Waals surface area contributed by atoms with E-state index >= 15 is 0 Å². The van der Waals surface area contributed by atoms with Crippen LogP contribution in [0.25, 0.3) is 75.1 Å². The van der Waals surface area contributed by atoms with E-state index in [0.717, 1.165) is 17.1 Å². The predicted octanol–water partition coefficient (Wildman–Crippen LogP) is 14.8. The van der Waals surface area contributed by atoms with E-state index in [-0.39, 0.29) is 0 Å². The fraction of sp³-hybridized carbons (Fsp3) is 0. The van der Waals surface area contributed by atoms with Crippen LogP contribution in [0.1, 0.15) is 0 Å². The largest absolute Gasteiger partial charge is 0.311 e. The molecule has 0 unspecified atom stereocenters. The molecule has 0 bridgehead atoms. The van der Waals surface area contributed by atoms with Gasteiger partial charge in [0.15, 0.2) is 0 Å². The Balaban J connectivity index is 1.01. The van der Waals surface area contributed by atoms with Crippen molar-refractivity contribution < 1.29 is 0 Å². The van der Waals surface area contributed by atoms with Crippen LogP contribution >= 0.6 is 11.3 Å². The van der Waals surface area contributed by atoms with Crippen molar-refractivity contribution in [1.29, 1.82) is 0 Å². The first-order valence-corrected chi connectivity index (χ1v) is 18.6. The van der Waals surface area contributed by atoms with Gasteiger partial charge in [0.05, 0.1) is 0 Å². The van der Waals surface area contributed by atoms with Gasteiger partial charge >= 0.3 is 0 Å². The third kappa shape index (κ3) is 5.24. The minimum Gasteiger partial charge on any atom is -0.311 e. The number of hydrogen-bond acceptors (Lipinski definition) is 2. The van der Waals surface area contributed by atoms with Gasteiger partial charge in [-0.3, -0.25) is 0 Å². The second kappa shape index (κ2) is 12.7. The summed E-state index contributed by atoms with van der Waals surface area (Å²) in [6.07, 6.45) is 0. The highest BCUT2D eigenvalue weighted by molar-refractivity contribution is 7.27. The first kappa shape index (κ1) is 30.4. The van der Waals surface area contributed by atoms with Gasteiger partial charge in [0, 0.05) is 42.6 Å². The summed E-state index contributed by atoms with van der Waals surface area (Å²) in [6, 6.07) is 72.6. The molecule has 52 heavy (non-hydrogen) atoms. The zero-order valence-corrected chi connectivity index (χ0v) is 29.2. The molecule has 1 aromatic heterocycles. The number of benzene rings is 9. The molecule has 9 aromatic carbocycles. The minimum absolute atomic E-state index is 1.12. The summed E-state index contributed by atoms with van der Waals surface area (Å²) in [4.78, 5) is 2.34. The summed E-state index contributed by atoms with van der Waals surface area (Å²) in [6.45, 7) is 0. The second-order valence-corrected chi connectivity index (χ2v) is 14.3. The summed E-state index contributed by atoms with van der Waals surface area (Å²) in [5.74, 6) is 0. The van der Waals surface area contributed by atoms with Gasteiger partial charge in [0.2, 0.25) is 0 Å². The SMILES string of the molecule is c1ccc(-c2ccc(-c3ccc(N(c4ccccc4)c4ccc(-c5cccc6c5sc5c6ccc6ccc7ccccc7c65)cc4)cc3)cc2)cc1. The van der Waals surface area contributed by atoms with Crippen molar-refractivity contribution in [3.63, 3.8) is 0 Å². The molecule has 0 aliphatic rings. The number of hydrogen-bond donors (Lipinski definition) is 0. The molecular formula is C50H33NS. The van der Waals surface area contributed by atoms with Crippen molar-refractivity contribution in [3.05, 3.63) is 200 Å². The van der Waals surface area contributed by atoms with E-state index < -0.39 is 0 Å². The van der Waals surface area contributed by atoms with Crippen LogP contribution in [-0.2, 0) is 0 Å². The quantitative estimate of drug-likeness (QED) is 0.158. The van der Waals surface area contributed by atoms with Crippen LogP contribution in [0.2, 0.25) is 0 Å². The van der Waals surface area contributed by atoms with Crippen molar-refractivity contribution in [2.45, 2.75) is 0 Å². The predicted molar refractivity (Wildman–Crippen MR) is 225 cm³/mol. The smallest absolute Gasteiger partial charge is 0.0462 e. The Labute approximate surface area is 307 Å². The highest BCUT2D eigenvalue weighted by atomic mass is 32.1. The first-order valence-electron chi connectivity index (χ1n) is 17.8. The summed E-state index contributed by atoms with van der Waals surface area (Å²) in [5, 5.41) is 7.89. The molecule has 1 nitrogen and oxygen atoms in total. The lowest BCUT2D eigenvalue weighted by Crippen LogP contribution is -2.09. The van der Waals surface area contributed by atoms with E-state index in [0.29, 0.717) is 0 Å². The maximum absolute atomic E-state index is 2.34. The molecule has 0 radical (unpaired) electrons. The van der Waals surface area contributed by atoms with E-state index in [1.165, 1.54) is 75.1 Å². The molecule has 0 atom stereocenters. The van der Waals surface area contributed by atoms with Crippen molar-refractivity contribution >= 4 is 70.1 Å². The minimum atomic E-state index is 1.12. The van der Waals surface area contributed by atoms with Crippen LogP contribution in [-0.4, -0.2) is 0 Å². The van der Waals surface area contributed by atoms with Crippen LogP contribution in [0.5, 0.6) is 0 Å². The van der Waals surface area contributed by atoms with Gasteiger partial charge < -0.3 is 4.90 Å². The highest BCUT2D eigenvalue weighted by Crippen LogP contribution is 2.45. The number of thiophene rings is 1. The van der Waals surface area contributed by atoms with Crippen molar-refractivity contribution in [3.8, 4) is 33.4 Å². The molecule has 244 valence electrons. The first-order chi connectivity index (χ1) is 25.8. The van der Waals surface area contributed by atoms with Gasteiger partial charge in [-0.1, -0.05) is 164 Å². The molecule has 0 spiro atoms. The third-order valence-electron chi connectivity index (χ3n) is 10.3. The lowest BCUT2D eigenvalue weighted by molar-refractivity contribution is 1.28. The molecule has 0 N–H and O–H groups in total. The maximum atomic E-state index is 2.34. The van der Waals surface area contributed by atoms with Gasteiger partial charge in [0.1, 0.15) is 0 Å². The van der Waals surface area contributed by atoms with Gasteiger partial charge in [0.25, 0.3) is 0 Å². The number of anilines is 3. The molecule has 0 aliphatic carbocycles. The van der Waals surface area contributed by atoms with E-state index in [1.807, 2.05) is 11.3 Å². The normalized spacial score (nSPS) is 11.5. The maximum Gasteiger partial charge on any atom is 0.0462 e. The van der Waals surface area contributed by atoms with Gasteiger partial charge in [-0.25, -0.2) is 0 Å². The Morgan fingerprint density at radius 1 is 0.288 bits per heavy atom. The summed E-state index contributed by atoms with van der Waals surface area (Å²) >= 11 is 1.92. The van der Waals surface area contributed by atoms with Crippen LogP contribution in [0.4, 0.5) is 17.1 Å². The molecule has 0 fully saturated rings. The van der Waals surface area contributed by atoms with Crippen LogP contribution in [0.15, 0.2) is 200 Å². The Hall–Kier alpha value is -6.48. The van der Waals surface area contributed by atoms with Crippen LogP contribution in [0.3, 0.4) is 0 Å². The van der Waals surface area contributed by atoms with Gasteiger partial charge in [-0.15, -0.1) is 11.3 Å². The van der Waals surface area contributed by atoms with E-state index in [4.69, 9.17) is 0 Å². The molecule has 10 aromatic rings.